The van der Waals surface area contributed by atoms with Crippen LogP contribution in [0.2, 0.25) is 0 Å². The fourth-order valence-corrected chi connectivity index (χ4v) is 2.32. The van der Waals surface area contributed by atoms with Gasteiger partial charge in [-0.05, 0) is 12.1 Å². The van der Waals surface area contributed by atoms with Gasteiger partial charge in [0.15, 0.2) is 0 Å². The normalized spacial score (nSPS) is 12.8. The van der Waals surface area contributed by atoms with E-state index < -0.39 is 32.2 Å². The molecule has 2 rings (SSSR count). The van der Waals surface area contributed by atoms with E-state index in [1.54, 1.807) is 0 Å². The summed E-state index contributed by atoms with van der Waals surface area (Å²) >= 11 is 0. The minimum Gasteiger partial charge on any atom is -0.313 e. The minimum atomic E-state index is -4.93. The monoisotopic (exact) mass is 293 g/mol. The van der Waals surface area contributed by atoms with Crippen molar-refractivity contribution in [2.75, 3.05) is 0 Å². The molecule has 3 N–H and O–H groups in total. The number of nitrogens with one attached hydrogen (secondary N) is 1. The van der Waals surface area contributed by atoms with E-state index in [4.69, 9.17) is 5.14 Å². The number of aromatic amines is 1. The summed E-state index contributed by atoms with van der Waals surface area (Å²) in [6.45, 7) is 0. The maximum Gasteiger partial charge on any atom is 0.417 e. The van der Waals surface area contributed by atoms with Gasteiger partial charge in [0.1, 0.15) is 0 Å². The first kappa shape index (κ1) is 13.5. The molecule has 0 unspecified atom stereocenters. The van der Waals surface area contributed by atoms with Crippen LogP contribution in [0.1, 0.15) is 5.56 Å². The first-order chi connectivity index (χ1) is 8.60. The third-order valence-corrected chi connectivity index (χ3v) is 3.30. The number of hydrogen-bond acceptors (Lipinski definition) is 4. The van der Waals surface area contributed by atoms with Crippen molar-refractivity contribution in [1.29, 1.82) is 0 Å². The molecule has 10 heteroatoms. The Kier molecular flexibility index (Phi) is 2.86. The third-order valence-electron chi connectivity index (χ3n) is 2.35. The molecule has 0 bridgehead atoms. The number of aromatic nitrogens is 2. The Morgan fingerprint density at radius 1 is 1.26 bits per heavy atom. The lowest BCUT2D eigenvalue weighted by Gasteiger charge is -2.12. The largest absolute Gasteiger partial charge is 0.417 e. The number of primary sulfonamides is 1. The molecule has 0 aliphatic carbocycles. The van der Waals surface area contributed by atoms with E-state index in [0.29, 0.717) is 12.1 Å². The summed E-state index contributed by atoms with van der Waals surface area (Å²) in [6.07, 6.45) is -4.01. The van der Waals surface area contributed by atoms with Crippen molar-refractivity contribution < 1.29 is 21.6 Å². The highest BCUT2D eigenvalue weighted by Gasteiger charge is 2.37. The highest BCUT2D eigenvalue weighted by molar-refractivity contribution is 7.89. The highest BCUT2D eigenvalue weighted by atomic mass is 32.2. The molecule has 0 saturated heterocycles. The zero-order valence-corrected chi connectivity index (χ0v) is 9.84. The van der Waals surface area contributed by atoms with Gasteiger partial charge < -0.3 is 4.98 Å². The Bertz CT molecular complexity index is 811. The van der Waals surface area contributed by atoms with Gasteiger partial charge in [0.25, 0.3) is 5.56 Å². The van der Waals surface area contributed by atoms with Crippen LogP contribution in [0.15, 0.2) is 28.2 Å². The van der Waals surface area contributed by atoms with E-state index in [9.17, 15) is 26.4 Å². The van der Waals surface area contributed by atoms with Gasteiger partial charge in [0, 0.05) is 0 Å². The van der Waals surface area contributed by atoms with E-state index in [1.807, 2.05) is 0 Å². The number of H-pyrrole nitrogens is 1. The summed E-state index contributed by atoms with van der Waals surface area (Å²) in [6, 6.07) is 1.05. The van der Waals surface area contributed by atoms with Crippen LogP contribution in [0.3, 0.4) is 0 Å². The van der Waals surface area contributed by atoms with Crippen molar-refractivity contribution in [2.45, 2.75) is 11.1 Å². The summed E-state index contributed by atoms with van der Waals surface area (Å²) in [5.41, 5.74) is -2.49. The average molecular weight is 293 g/mol. The SMILES string of the molecule is NS(=O)(=O)c1cc2c(=O)[nH]cnc2cc1C(F)(F)F. The lowest BCUT2D eigenvalue weighted by Crippen LogP contribution is -2.20. The molecule has 0 spiro atoms. The highest BCUT2D eigenvalue weighted by Crippen LogP contribution is 2.35. The molecule has 0 atom stereocenters. The van der Waals surface area contributed by atoms with Crippen molar-refractivity contribution >= 4 is 20.9 Å². The van der Waals surface area contributed by atoms with Crippen molar-refractivity contribution in [2.24, 2.45) is 5.14 Å². The Morgan fingerprint density at radius 2 is 1.89 bits per heavy atom. The topological polar surface area (TPSA) is 106 Å². The third kappa shape index (κ3) is 2.44. The number of sulfonamides is 1. The Labute approximate surface area is 104 Å². The predicted octanol–water partition coefficient (Wildman–Crippen LogP) is 0.589. The molecular formula is C9H6F3N3O3S. The number of benzene rings is 1. The number of nitrogens with zero attached hydrogens (tertiary/aromatic N) is 1. The predicted molar refractivity (Wildman–Crippen MR) is 58.7 cm³/mol. The standard InChI is InChI=1S/C9H6F3N3O3S/c10-9(11,12)5-2-6-4(8(16)15-3-14-6)1-7(5)19(13,17)18/h1-3H,(H2,13,17,18)(H,14,15,16). The number of alkyl halides is 3. The fourth-order valence-electron chi connectivity index (χ4n) is 1.55. The molecule has 2 aromatic rings. The van der Waals surface area contributed by atoms with Crippen LogP contribution in [-0.4, -0.2) is 18.4 Å². The molecule has 1 heterocycles. The molecule has 102 valence electrons. The molecule has 0 saturated carbocycles. The van der Waals surface area contributed by atoms with Crippen LogP contribution in [0, 0.1) is 0 Å². The molecule has 0 aliphatic heterocycles. The molecule has 0 aliphatic rings. The summed E-state index contributed by atoms with van der Waals surface area (Å²) < 4.78 is 60.7. The molecule has 0 radical (unpaired) electrons. The maximum absolute atomic E-state index is 12.8. The second-order valence-electron chi connectivity index (χ2n) is 3.64. The van der Waals surface area contributed by atoms with Gasteiger partial charge in [-0.25, -0.2) is 18.5 Å². The van der Waals surface area contributed by atoms with Gasteiger partial charge in [-0.1, -0.05) is 0 Å². The molecular weight excluding hydrogens is 287 g/mol. The number of rotatable bonds is 1. The second-order valence-corrected chi connectivity index (χ2v) is 5.17. The number of fused-ring (bicyclic) bond motifs is 1. The minimum absolute atomic E-state index is 0.275. The zero-order valence-electron chi connectivity index (χ0n) is 9.02. The number of hydrogen-bond donors (Lipinski definition) is 2. The van der Waals surface area contributed by atoms with Crippen LogP contribution in [0.4, 0.5) is 13.2 Å². The summed E-state index contributed by atoms with van der Waals surface area (Å²) in [7, 11) is -4.63. The van der Waals surface area contributed by atoms with Crippen molar-refractivity contribution in [3.8, 4) is 0 Å². The first-order valence-electron chi connectivity index (χ1n) is 4.72. The van der Waals surface area contributed by atoms with E-state index in [2.05, 4.69) is 9.97 Å². The van der Waals surface area contributed by atoms with Crippen molar-refractivity contribution in [3.63, 3.8) is 0 Å². The Morgan fingerprint density at radius 3 is 2.42 bits per heavy atom. The van der Waals surface area contributed by atoms with E-state index in [-0.39, 0.29) is 10.9 Å². The van der Waals surface area contributed by atoms with E-state index in [0.717, 1.165) is 6.33 Å². The fraction of sp³-hybridized carbons (Fsp3) is 0.111. The van der Waals surface area contributed by atoms with Crippen LogP contribution in [-0.2, 0) is 16.2 Å². The number of nitrogens with two attached hydrogens (primary N) is 1. The van der Waals surface area contributed by atoms with Gasteiger partial charge >= 0.3 is 6.18 Å². The zero-order chi connectivity index (χ0) is 14.4. The lowest BCUT2D eigenvalue weighted by atomic mass is 10.1. The number of halogens is 3. The first-order valence-corrected chi connectivity index (χ1v) is 6.27. The molecule has 1 aromatic carbocycles. The lowest BCUT2D eigenvalue weighted by molar-refractivity contribution is -0.139. The Balaban J connectivity index is 2.99. The van der Waals surface area contributed by atoms with Crippen LogP contribution in [0.25, 0.3) is 10.9 Å². The molecule has 0 amide bonds. The van der Waals surface area contributed by atoms with Gasteiger partial charge in [-0.15, -0.1) is 0 Å². The summed E-state index contributed by atoms with van der Waals surface area (Å²) in [5.74, 6) is 0. The van der Waals surface area contributed by atoms with Crippen molar-refractivity contribution in [3.05, 3.63) is 34.4 Å². The van der Waals surface area contributed by atoms with Crippen molar-refractivity contribution in [1.82, 2.24) is 9.97 Å². The maximum atomic E-state index is 12.8. The average Bonchev–Trinajstić information content (AvgIpc) is 2.25. The quantitative estimate of drug-likeness (QED) is 0.802. The van der Waals surface area contributed by atoms with Gasteiger partial charge in [0.2, 0.25) is 10.0 Å². The van der Waals surface area contributed by atoms with Gasteiger partial charge in [-0.3, -0.25) is 4.79 Å². The summed E-state index contributed by atoms with van der Waals surface area (Å²) in [4.78, 5) is 15.9. The molecule has 6 nitrogen and oxygen atoms in total. The molecule has 1 aromatic heterocycles. The van der Waals surface area contributed by atoms with E-state index >= 15 is 0 Å². The molecule has 0 fully saturated rings. The van der Waals surface area contributed by atoms with Crippen LogP contribution in [0.5, 0.6) is 0 Å². The smallest absolute Gasteiger partial charge is 0.313 e. The van der Waals surface area contributed by atoms with E-state index in [1.165, 1.54) is 0 Å². The Hall–Kier alpha value is -1.94. The molecule has 19 heavy (non-hydrogen) atoms. The summed E-state index contributed by atoms with van der Waals surface area (Å²) in [5, 5.41) is 4.44. The van der Waals surface area contributed by atoms with Crippen LogP contribution >= 0.6 is 0 Å². The van der Waals surface area contributed by atoms with Gasteiger partial charge in [-0.2, -0.15) is 13.2 Å². The van der Waals surface area contributed by atoms with Crippen LogP contribution < -0.4 is 10.7 Å². The van der Waals surface area contributed by atoms with Gasteiger partial charge in [0.05, 0.1) is 27.7 Å². The second kappa shape index (κ2) is 4.03.